The van der Waals surface area contributed by atoms with E-state index in [2.05, 4.69) is 44.9 Å². The third-order valence-corrected chi connectivity index (χ3v) is 5.82. The molecule has 27 heavy (non-hydrogen) atoms. The van der Waals surface area contributed by atoms with Gasteiger partial charge in [0.15, 0.2) is 5.65 Å². The van der Waals surface area contributed by atoms with Gasteiger partial charge in [0.05, 0.1) is 11.9 Å². The zero-order valence-electron chi connectivity index (χ0n) is 15.1. The average Bonchev–Trinajstić information content (AvgIpc) is 3.42. The number of amides is 1. The smallest absolute Gasteiger partial charge is 0.253 e. The Morgan fingerprint density at radius 3 is 2.89 bits per heavy atom. The van der Waals surface area contributed by atoms with E-state index in [1.165, 1.54) is 12.0 Å². The molecule has 2 fully saturated rings. The monoisotopic (exact) mass is 361 g/mol. The number of nitrogens with zero attached hydrogens (tertiary/aromatic N) is 3. The minimum atomic E-state index is -0.0532. The second-order valence-corrected chi connectivity index (χ2v) is 7.60. The van der Waals surface area contributed by atoms with E-state index in [4.69, 9.17) is 0 Å². The van der Waals surface area contributed by atoms with E-state index in [1.54, 1.807) is 6.20 Å². The van der Waals surface area contributed by atoms with Crippen LogP contribution in [0, 0.1) is 0 Å². The van der Waals surface area contributed by atoms with Crippen molar-refractivity contribution in [3.05, 3.63) is 60.0 Å². The molecule has 0 radical (unpaired) electrons. The van der Waals surface area contributed by atoms with Gasteiger partial charge in [-0.2, -0.15) is 0 Å². The van der Waals surface area contributed by atoms with Gasteiger partial charge in [-0.1, -0.05) is 30.3 Å². The van der Waals surface area contributed by atoms with Crippen LogP contribution in [-0.2, 0) is 13.0 Å². The first-order chi connectivity index (χ1) is 13.3. The normalized spacial score (nSPS) is 23.8. The summed E-state index contributed by atoms with van der Waals surface area (Å²) in [6.07, 6.45) is 7.80. The van der Waals surface area contributed by atoms with Gasteiger partial charge in [0.1, 0.15) is 5.52 Å². The Hall–Kier alpha value is -2.73. The van der Waals surface area contributed by atoms with Crippen LogP contribution >= 0.6 is 0 Å². The van der Waals surface area contributed by atoms with Gasteiger partial charge in [0.25, 0.3) is 5.91 Å². The van der Waals surface area contributed by atoms with Crippen molar-refractivity contribution >= 4 is 17.1 Å². The van der Waals surface area contributed by atoms with Crippen LogP contribution in [-0.4, -0.2) is 38.6 Å². The third kappa shape index (κ3) is 3.21. The lowest BCUT2D eigenvalue weighted by molar-refractivity contribution is 0.0930. The highest BCUT2D eigenvalue weighted by molar-refractivity contribution is 5.96. The predicted octanol–water partition coefficient (Wildman–Crippen LogP) is 2.30. The van der Waals surface area contributed by atoms with Gasteiger partial charge in [-0.05, 0) is 37.3 Å². The van der Waals surface area contributed by atoms with Crippen molar-refractivity contribution in [1.29, 1.82) is 0 Å². The van der Waals surface area contributed by atoms with Gasteiger partial charge in [-0.3, -0.25) is 4.79 Å². The van der Waals surface area contributed by atoms with Crippen molar-refractivity contribution in [3.63, 3.8) is 0 Å². The Morgan fingerprint density at radius 1 is 1.22 bits per heavy atom. The van der Waals surface area contributed by atoms with Crippen LogP contribution in [0.2, 0.25) is 0 Å². The summed E-state index contributed by atoms with van der Waals surface area (Å²) < 4.78 is 2.05. The number of hydrogen-bond acceptors (Lipinski definition) is 4. The van der Waals surface area contributed by atoms with Crippen molar-refractivity contribution in [3.8, 4) is 0 Å². The fourth-order valence-corrected chi connectivity index (χ4v) is 4.37. The summed E-state index contributed by atoms with van der Waals surface area (Å²) in [6.45, 7) is 0.815. The van der Waals surface area contributed by atoms with Crippen LogP contribution < -0.4 is 10.6 Å². The Kier molecular flexibility index (Phi) is 4.13. The van der Waals surface area contributed by atoms with E-state index in [-0.39, 0.29) is 11.9 Å². The molecule has 1 amide bonds. The quantitative estimate of drug-likeness (QED) is 0.731. The molecule has 2 aromatic heterocycles. The van der Waals surface area contributed by atoms with E-state index < -0.39 is 0 Å². The Labute approximate surface area is 158 Å². The lowest BCUT2D eigenvalue weighted by Crippen LogP contribution is -2.42. The highest BCUT2D eigenvalue weighted by Crippen LogP contribution is 2.28. The minimum absolute atomic E-state index is 0.0532. The molecule has 0 saturated carbocycles. The fourth-order valence-electron chi connectivity index (χ4n) is 4.37. The van der Waals surface area contributed by atoms with Crippen LogP contribution in [0.5, 0.6) is 0 Å². The summed E-state index contributed by atoms with van der Waals surface area (Å²) in [4.78, 5) is 21.6. The number of aryl methyl sites for hydroxylation is 2. The van der Waals surface area contributed by atoms with E-state index >= 15 is 0 Å². The van der Waals surface area contributed by atoms with E-state index in [1.807, 2.05) is 23.0 Å². The molecule has 6 nitrogen and oxygen atoms in total. The van der Waals surface area contributed by atoms with Gasteiger partial charge in [0, 0.05) is 30.9 Å². The Balaban J connectivity index is 1.29. The van der Waals surface area contributed by atoms with Gasteiger partial charge in [-0.25, -0.2) is 9.97 Å². The van der Waals surface area contributed by atoms with Gasteiger partial charge >= 0.3 is 0 Å². The first-order valence-corrected chi connectivity index (χ1v) is 9.68. The highest BCUT2D eigenvalue weighted by atomic mass is 16.1. The van der Waals surface area contributed by atoms with E-state index in [0.717, 1.165) is 37.0 Å². The summed E-state index contributed by atoms with van der Waals surface area (Å²) in [6, 6.07) is 13.4. The number of fused-ring (bicyclic) bond motifs is 3. The van der Waals surface area contributed by atoms with Crippen LogP contribution in [0.15, 0.2) is 48.9 Å². The molecule has 0 unspecified atom stereocenters. The van der Waals surface area contributed by atoms with Crippen molar-refractivity contribution < 1.29 is 4.79 Å². The standard InChI is InChI=1S/C21H23N5O/c27-21(25-18-11-16-6-7-17(18)24-16)15-10-19-20(22-12-15)26(13-23-19)9-8-14-4-2-1-3-5-14/h1-5,10,12-13,16-18,24H,6-9,11H2,(H,25,27)/t16-,17+,18+/m1/s1. The number of hydrogen-bond donors (Lipinski definition) is 2. The summed E-state index contributed by atoms with van der Waals surface area (Å²) in [5, 5.41) is 6.72. The second-order valence-electron chi connectivity index (χ2n) is 7.60. The summed E-state index contributed by atoms with van der Waals surface area (Å²) in [5.41, 5.74) is 3.46. The molecule has 3 atom stereocenters. The maximum atomic E-state index is 12.6. The lowest BCUT2D eigenvalue weighted by Gasteiger charge is -2.21. The third-order valence-electron chi connectivity index (χ3n) is 5.82. The Morgan fingerprint density at radius 2 is 2.11 bits per heavy atom. The van der Waals surface area contributed by atoms with Crippen molar-refractivity contribution in [2.24, 2.45) is 0 Å². The number of imidazole rings is 1. The molecule has 138 valence electrons. The lowest BCUT2D eigenvalue weighted by atomic mass is 9.95. The van der Waals surface area contributed by atoms with E-state index in [0.29, 0.717) is 17.6 Å². The van der Waals surface area contributed by atoms with Crippen LogP contribution in [0.3, 0.4) is 0 Å². The first kappa shape index (κ1) is 16.4. The molecule has 5 rings (SSSR count). The van der Waals surface area contributed by atoms with Gasteiger partial charge in [-0.15, -0.1) is 0 Å². The number of pyridine rings is 1. The molecule has 2 aliphatic rings. The van der Waals surface area contributed by atoms with Crippen LogP contribution in [0.25, 0.3) is 11.2 Å². The molecule has 6 heteroatoms. The molecule has 0 spiro atoms. The summed E-state index contributed by atoms with van der Waals surface area (Å²) in [7, 11) is 0. The maximum Gasteiger partial charge on any atom is 0.253 e. The molecule has 0 aliphatic carbocycles. The molecule has 2 aliphatic heterocycles. The summed E-state index contributed by atoms with van der Waals surface area (Å²) in [5.74, 6) is -0.0532. The van der Waals surface area contributed by atoms with Crippen molar-refractivity contribution in [1.82, 2.24) is 25.2 Å². The van der Waals surface area contributed by atoms with Crippen molar-refractivity contribution in [2.45, 2.75) is 50.4 Å². The molecular formula is C21H23N5O. The minimum Gasteiger partial charge on any atom is -0.348 e. The van der Waals surface area contributed by atoms with Crippen LogP contribution in [0.1, 0.15) is 35.2 Å². The number of benzene rings is 1. The molecule has 4 heterocycles. The number of aromatic nitrogens is 3. The molecular weight excluding hydrogens is 338 g/mol. The molecule has 2 N–H and O–H groups in total. The fraction of sp³-hybridized carbons (Fsp3) is 0.381. The zero-order chi connectivity index (χ0) is 18.2. The molecule has 2 saturated heterocycles. The van der Waals surface area contributed by atoms with Crippen LogP contribution in [0.4, 0.5) is 0 Å². The SMILES string of the molecule is O=C(N[C@H]1C[C@H]2CC[C@@H]1N2)c1cnc2c(c1)ncn2CCc1ccccc1. The number of carbonyl (C=O) groups excluding carboxylic acids is 1. The average molecular weight is 361 g/mol. The van der Waals surface area contributed by atoms with Crippen molar-refractivity contribution in [2.75, 3.05) is 0 Å². The molecule has 3 aromatic rings. The summed E-state index contributed by atoms with van der Waals surface area (Å²) >= 11 is 0. The maximum absolute atomic E-state index is 12.6. The topological polar surface area (TPSA) is 71.8 Å². The zero-order valence-corrected chi connectivity index (χ0v) is 15.1. The number of nitrogens with one attached hydrogen (secondary N) is 2. The van der Waals surface area contributed by atoms with Gasteiger partial charge in [0.2, 0.25) is 0 Å². The second kappa shape index (κ2) is 6.78. The number of rotatable bonds is 5. The van der Waals surface area contributed by atoms with E-state index in [9.17, 15) is 4.79 Å². The predicted molar refractivity (Wildman–Crippen MR) is 103 cm³/mol. The largest absolute Gasteiger partial charge is 0.348 e. The Bertz CT molecular complexity index is 967. The van der Waals surface area contributed by atoms with Gasteiger partial charge < -0.3 is 15.2 Å². The molecule has 1 aromatic carbocycles. The highest BCUT2D eigenvalue weighted by Gasteiger charge is 2.39. The number of carbonyl (C=O) groups is 1. The first-order valence-electron chi connectivity index (χ1n) is 9.68. The molecule has 2 bridgehead atoms.